The van der Waals surface area contributed by atoms with E-state index in [0.29, 0.717) is 17.0 Å². The number of halogens is 1. The highest BCUT2D eigenvalue weighted by molar-refractivity contribution is 5.70. The first-order valence-electron chi connectivity index (χ1n) is 5.22. The van der Waals surface area contributed by atoms with E-state index in [1.54, 1.807) is 19.4 Å². The molecule has 0 aliphatic carbocycles. The van der Waals surface area contributed by atoms with Gasteiger partial charge >= 0.3 is 0 Å². The second kappa shape index (κ2) is 4.82. The lowest BCUT2D eigenvalue weighted by Crippen LogP contribution is -1.93. The molecule has 0 amide bonds. The average molecular weight is 232 g/mol. The summed E-state index contributed by atoms with van der Waals surface area (Å²) in [6.45, 7) is 0. The summed E-state index contributed by atoms with van der Waals surface area (Å²) in [5, 5.41) is 3.01. The Balaban J connectivity index is 2.54. The Labute approximate surface area is 99.3 Å². The molecule has 0 aliphatic heterocycles. The lowest BCUT2D eigenvalue weighted by molar-refractivity contribution is 0.415. The highest BCUT2D eigenvalue weighted by Gasteiger charge is 2.08. The molecule has 0 fully saturated rings. The first kappa shape index (κ1) is 11.4. The van der Waals surface area contributed by atoms with E-state index in [0.717, 1.165) is 5.69 Å². The number of pyridine rings is 1. The van der Waals surface area contributed by atoms with Crippen molar-refractivity contribution in [3.05, 3.63) is 42.3 Å². The second-order valence-corrected chi connectivity index (χ2v) is 3.52. The molecular weight excluding hydrogens is 219 g/mol. The summed E-state index contributed by atoms with van der Waals surface area (Å²) in [4.78, 5) is 4.22. The Bertz CT molecular complexity index is 529. The maximum absolute atomic E-state index is 13.3. The number of ether oxygens (including phenoxy) is 1. The number of methoxy groups -OCH3 is 1. The molecule has 0 unspecified atom stereocenters. The molecule has 0 atom stereocenters. The first-order valence-corrected chi connectivity index (χ1v) is 5.22. The third-order valence-corrected chi connectivity index (χ3v) is 2.49. The van der Waals surface area contributed by atoms with E-state index >= 15 is 0 Å². The second-order valence-electron chi connectivity index (χ2n) is 3.52. The summed E-state index contributed by atoms with van der Waals surface area (Å²) in [6, 6.07) is 8.07. The molecule has 1 aromatic heterocycles. The first-order chi connectivity index (χ1) is 8.24. The van der Waals surface area contributed by atoms with Crippen molar-refractivity contribution in [2.45, 2.75) is 0 Å². The Morgan fingerprint density at radius 3 is 2.76 bits per heavy atom. The summed E-state index contributed by atoms with van der Waals surface area (Å²) in [7, 11) is 3.38. The van der Waals surface area contributed by atoms with Gasteiger partial charge in [-0.1, -0.05) is 0 Å². The van der Waals surface area contributed by atoms with Crippen LogP contribution in [-0.4, -0.2) is 19.1 Å². The maximum atomic E-state index is 13.3. The van der Waals surface area contributed by atoms with Crippen LogP contribution in [0.5, 0.6) is 5.75 Å². The number of hydrogen-bond donors (Lipinski definition) is 1. The minimum atomic E-state index is -0.308. The summed E-state index contributed by atoms with van der Waals surface area (Å²) < 4.78 is 18.5. The van der Waals surface area contributed by atoms with Crippen LogP contribution < -0.4 is 10.1 Å². The molecule has 17 heavy (non-hydrogen) atoms. The lowest BCUT2D eigenvalue weighted by atomic mass is 10.1. The molecule has 2 rings (SSSR count). The minimum Gasteiger partial charge on any atom is -0.496 e. The quantitative estimate of drug-likeness (QED) is 0.883. The van der Waals surface area contributed by atoms with Gasteiger partial charge in [-0.05, 0) is 30.3 Å². The fourth-order valence-corrected chi connectivity index (χ4v) is 1.61. The minimum absolute atomic E-state index is 0.308. The Morgan fingerprint density at radius 1 is 1.24 bits per heavy atom. The molecule has 2 aromatic rings. The number of benzene rings is 1. The average Bonchev–Trinajstić information content (AvgIpc) is 2.39. The molecule has 0 radical (unpaired) electrons. The molecule has 0 saturated heterocycles. The van der Waals surface area contributed by atoms with Crippen LogP contribution in [-0.2, 0) is 0 Å². The molecule has 1 N–H and O–H groups in total. The van der Waals surface area contributed by atoms with Gasteiger partial charge < -0.3 is 10.1 Å². The van der Waals surface area contributed by atoms with Gasteiger partial charge in [0.05, 0.1) is 12.8 Å². The molecule has 1 heterocycles. The standard InChI is InChI=1S/C13H13FN2O/c1-15-10-5-6-16-12(8-10)11-7-9(14)3-4-13(11)17-2/h3-8H,1-2H3,(H,15,16). The third kappa shape index (κ3) is 2.36. The molecule has 88 valence electrons. The summed E-state index contributed by atoms with van der Waals surface area (Å²) in [5.41, 5.74) is 2.24. The van der Waals surface area contributed by atoms with Crippen molar-refractivity contribution < 1.29 is 9.13 Å². The highest BCUT2D eigenvalue weighted by Crippen LogP contribution is 2.30. The monoisotopic (exact) mass is 232 g/mol. The van der Waals surface area contributed by atoms with Crippen LogP contribution in [0.2, 0.25) is 0 Å². The topological polar surface area (TPSA) is 34.2 Å². The van der Waals surface area contributed by atoms with Crippen molar-refractivity contribution in [3.8, 4) is 17.0 Å². The number of rotatable bonds is 3. The van der Waals surface area contributed by atoms with Crippen LogP contribution in [0, 0.1) is 5.82 Å². The summed E-state index contributed by atoms with van der Waals surface area (Å²) in [5.74, 6) is 0.296. The van der Waals surface area contributed by atoms with E-state index < -0.39 is 0 Å². The van der Waals surface area contributed by atoms with E-state index in [9.17, 15) is 4.39 Å². The van der Waals surface area contributed by atoms with Crippen molar-refractivity contribution in [2.24, 2.45) is 0 Å². The fraction of sp³-hybridized carbons (Fsp3) is 0.154. The molecule has 3 nitrogen and oxygen atoms in total. The van der Waals surface area contributed by atoms with Gasteiger partial charge in [0, 0.05) is 24.5 Å². The SMILES string of the molecule is CNc1ccnc(-c2cc(F)ccc2OC)c1. The van der Waals surface area contributed by atoms with Gasteiger partial charge in [0.25, 0.3) is 0 Å². The lowest BCUT2D eigenvalue weighted by Gasteiger charge is -2.09. The van der Waals surface area contributed by atoms with Crippen LogP contribution in [0.1, 0.15) is 0 Å². The van der Waals surface area contributed by atoms with Crippen LogP contribution in [0.15, 0.2) is 36.5 Å². The van der Waals surface area contributed by atoms with Crippen molar-refractivity contribution >= 4 is 5.69 Å². The molecule has 0 saturated carbocycles. The maximum Gasteiger partial charge on any atom is 0.128 e. The van der Waals surface area contributed by atoms with Gasteiger partial charge in [0.2, 0.25) is 0 Å². The normalized spacial score (nSPS) is 10.1. The summed E-state index contributed by atoms with van der Waals surface area (Å²) >= 11 is 0. The van der Waals surface area contributed by atoms with Gasteiger partial charge in [0.15, 0.2) is 0 Å². The van der Waals surface area contributed by atoms with Crippen molar-refractivity contribution in [1.82, 2.24) is 4.98 Å². The number of nitrogens with one attached hydrogen (secondary N) is 1. The zero-order chi connectivity index (χ0) is 12.3. The molecule has 0 bridgehead atoms. The van der Waals surface area contributed by atoms with Crippen molar-refractivity contribution in [1.29, 1.82) is 0 Å². The highest BCUT2D eigenvalue weighted by atomic mass is 19.1. The van der Waals surface area contributed by atoms with E-state index in [4.69, 9.17) is 4.74 Å². The number of anilines is 1. The molecular formula is C13H13FN2O. The van der Waals surface area contributed by atoms with Crippen LogP contribution in [0.25, 0.3) is 11.3 Å². The molecule has 1 aromatic carbocycles. The van der Waals surface area contributed by atoms with Crippen molar-refractivity contribution in [2.75, 3.05) is 19.5 Å². The number of nitrogens with zero attached hydrogens (tertiary/aromatic N) is 1. The van der Waals surface area contributed by atoms with Gasteiger partial charge in [-0.25, -0.2) is 4.39 Å². The van der Waals surface area contributed by atoms with E-state index in [1.165, 1.54) is 12.1 Å². The largest absolute Gasteiger partial charge is 0.496 e. The molecule has 0 spiro atoms. The van der Waals surface area contributed by atoms with Gasteiger partial charge in [-0.2, -0.15) is 0 Å². The molecule has 0 aliphatic rings. The zero-order valence-electron chi connectivity index (χ0n) is 9.70. The number of hydrogen-bond acceptors (Lipinski definition) is 3. The van der Waals surface area contributed by atoms with Gasteiger partial charge in [-0.3, -0.25) is 4.98 Å². The predicted octanol–water partition coefficient (Wildman–Crippen LogP) is 2.94. The van der Waals surface area contributed by atoms with Crippen molar-refractivity contribution in [3.63, 3.8) is 0 Å². The Kier molecular flexibility index (Phi) is 3.23. The molecule has 4 heteroatoms. The Morgan fingerprint density at radius 2 is 2.06 bits per heavy atom. The number of aromatic nitrogens is 1. The zero-order valence-corrected chi connectivity index (χ0v) is 9.70. The van der Waals surface area contributed by atoms with E-state index in [-0.39, 0.29) is 5.82 Å². The predicted molar refractivity (Wildman–Crippen MR) is 65.7 cm³/mol. The van der Waals surface area contributed by atoms with Crippen LogP contribution in [0.4, 0.5) is 10.1 Å². The van der Waals surface area contributed by atoms with Crippen LogP contribution in [0.3, 0.4) is 0 Å². The Hall–Kier alpha value is -2.10. The fourth-order valence-electron chi connectivity index (χ4n) is 1.61. The summed E-state index contributed by atoms with van der Waals surface area (Å²) in [6.07, 6.45) is 1.67. The third-order valence-electron chi connectivity index (χ3n) is 2.49. The smallest absolute Gasteiger partial charge is 0.128 e. The van der Waals surface area contributed by atoms with Crippen LogP contribution >= 0.6 is 0 Å². The van der Waals surface area contributed by atoms with Gasteiger partial charge in [-0.15, -0.1) is 0 Å². The van der Waals surface area contributed by atoms with E-state index in [1.807, 2.05) is 19.2 Å². The van der Waals surface area contributed by atoms with Gasteiger partial charge in [0.1, 0.15) is 11.6 Å². The van der Waals surface area contributed by atoms with E-state index in [2.05, 4.69) is 10.3 Å².